The normalized spacial score (nSPS) is 16.3. The van der Waals surface area contributed by atoms with Crippen LogP contribution in [0.25, 0.3) is 10.8 Å². The summed E-state index contributed by atoms with van der Waals surface area (Å²) in [6.07, 6.45) is 4.36. The summed E-state index contributed by atoms with van der Waals surface area (Å²) >= 11 is 5.99. The first kappa shape index (κ1) is 13.6. The SMILES string of the molecule is CC(COCC1CC1)Nc1nncc2cc(Cl)ccc12. The Morgan fingerprint density at radius 2 is 2.30 bits per heavy atom. The molecule has 0 saturated heterocycles. The third-order valence-corrected chi connectivity index (χ3v) is 3.66. The molecule has 0 amide bonds. The van der Waals surface area contributed by atoms with Gasteiger partial charge in [0.15, 0.2) is 5.82 Å². The van der Waals surface area contributed by atoms with Gasteiger partial charge in [-0.1, -0.05) is 11.6 Å². The second-order valence-corrected chi connectivity index (χ2v) is 5.89. The molecule has 1 aliphatic rings. The van der Waals surface area contributed by atoms with Crippen molar-refractivity contribution in [1.82, 2.24) is 10.2 Å². The molecule has 0 aliphatic heterocycles. The number of nitrogens with one attached hydrogen (secondary N) is 1. The van der Waals surface area contributed by atoms with Gasteiger partial charge < -0.3 is 10.1 Å². The molecule has 1 heterocycles. The van der Waals surface area contributed by atoms with E-state index in [-0.39, 0.29) is 6.04 Å². The summed E-state index contributed by atoms with van der Waals surface area (Å²) < 4.78 is 5.69. The zero-order chi connectivity index (χ0) is 13.9. The summed E-state index contributed by atoms with van der Waals surface area (Å²) in [4.78, 5) is 0. The minimum absolute atomic E-state index is 0.198. The van der Waals surface area contributed by atoms with Crippen LogP contribution in [0, 0.1) is 5.92 Å². The van der Waals surface area contributed by atoms with Crippen molar-refractivity contribution in [1.29, 1.82) is 0 Å². The van der Waals surface area contributed by atoms with Gasteiger partial charge in [0.05, 0.1) is 12.8 Å². The molecule has 1 atom stereocenters. The lowest BCUT2D eigenvalue weighted by molar-refractivity contribution is 0.119. The fraction of sp³-hybridized carbons (Fsp3) is 0.467. The van der Waals surface area contributed by atoms with Gasteiger partial charge in [0.1, 0.15) is 0 Å². The number of fused-ring (bicyclic) bond motifs is 1. The van der Waals surface area contributed by atoms with Crippen molar-refractivity contribution in [3.05, 3.63) is 29.4 Å². The maximum Gasteiger partial charge on any atom is 0.156 e. The quantitative estimate of drug-likeness (QED) is 0.885. The topological polar surface area (TPSA) is 47.0 Å². The van der Waals surface area contributed by atoms with Gasteiger partial charge >= 0.3 is 0 Å². The molecule has 2 aromatic rings. The summed E-state index contributed by atoms with van der Waals surface area (Å²) in [5, 5.41) is 14.3. The standard InChI is InChI=1S/C15H18ClN3O/c1-10(8-20-9-11-2-3-11)18-15-14-5-4-13(16)6-12(14)7-17-19-15/h4-7,10-11H,2-3,8-9H2,1H3,(H,18,19). The van der Waals surface area contributed by atoms with Crippen molar-refractivity contribution in [2.24, 2.45) is 5.92 Å². The van der Waals surface area contributed by atoms with Crippen molar-refractivity contribution in [2.45, 2.75) is 25.8 Å². The molecule has 1 aromatic carbocycles. The smallest absolute Gasteiger partial charge is 0.156 e. The van der Waals surface area contributed by atoms with Gasteiger partial charge in [-0.25, -0.2) is 0 Å². The Morgan fingerprint density at radius 1 is 1.45 bits per heavy atom. The van der Waals surface area contributed by atoms with Crippen LogP contribution < -0.4 is 5.32 Å². The van der Waals surface area contributed by atoms with Gasteiger partial charge in [-0.2, -0.15) is 5.10 Å². The lowest BCUT2D eigenvalue weighted by Gasteiger charge is -2.15. The zero-order valence-corrected chi connectivity index (χ0v) is 12.2. The molecular weight excluding hydrogens is 274 g/mol. The van der Waals surface area contributed by atoms with Crippen LogP contribution in [-0.4, -0.2) is 29.5 Å². The summed E-state index contributed by atoms with van der Waals surface area (Å²) in [7, 11) is 0. The lowest BCUT2D eigenvalue weighted by Crippen LogP contribution is -2.23. The van der Waals surface area contributed by atoms with E-state index in [2.05, 4.69) is 22.4 Å². The predicted octanol–water partition coefficient (Wildman–Crippen LogP) is 3.51. The van der Waals surface area contributed by atoms with Crippen molar-refractivity contribution in [3.8, 4) is 0 Å². The molecule has 3 rings (SSSR count). The summed E-state index contributed by atoms with van der Waals surface area (Å²) in [6.45, 7) is 3.65. The Hall–Kier alpha value is -1.39. The molecule has 1 aliphatic carbocycles. The number of anilines is 1. The molecule has 1 N–H and O–H groups in total. The average molecular weight is 292 g/mol. The number of aromatic nitrogens is 2. The number of ether oxygens (including phenoxy) is 1. The third kappa shape index (κ3) is 3.38. The minimum Gasteiger partial charge on any atom is -0.379 e. The Bertz CT molecular complexity index is 601. The molecule has 0 radical (unpaired) electrons. The van der Waals surface area contributed by atoms with Gasteiger partial charge in [-0.15, -0.1) is 5.10 Å². The van der Waals surface area contributed by atoms with E-state index in [0.29, 0.717) is 11.6 Å². The highest BCUT2D eigenvalue weighted by atomic mass is 35.5. The first-order valence-electron chi connectivity index (χ1n) is 6.97. The van der Waals surface area contributed by atoms with E-state index in [9.17, 15) is 0 Å². The molecule has 1 fully saturated rings. The van der Waals surface area contributed by atoms with Crippen LogP contribution in [0.1, 0.15) is 19.8 Å². The fourth-order valence-corrected chi connectivity index (χ4v) is 2.32. The van der Waals surface area contributed by atoms with Crippen LogP contribution in [-0.2, 0) is 4.74 Å². The van der Waals surface area contributed by atoms with Crippen LogP contribution in [0.4, 0.5) is 5.82 Å². The summed E-state index contributed by atoms with van der Waals surface area (Å²) in [5.74, 6) is 1.57. The Morgan fingerprint density at radius 3 is 3.10 bits per heavy atom. The number of nitrogens with zero attached hydrogens (tertiary/aromatic N) is 2. The predicted molar refractivity (Wildman–Crippen MR) is 81.2 cm³/mol. The summed E-state index contributed by atoms with van der Waals surface area (Å²) in [5.41, 5.74) is 0. The van der Waals surface area contributed by atoms with Gasteiger partial charge in [-0.3, -0.25) is 0 Å². The van der Waals surface area contributed by atoms with Gasteiger partial charge in [0, 0.05) is 28.4 Å². The average Bonchev–Trinajstić information content (AvgIpc) is 3.23. The van der Waals surface area contributed by atoms with E-state index in [1.165, 1.54) is 12.8 Å². The Labute approximate surface area is 123 Å². The van der Waals surface area contributed by atoms with E-state index in [1.54, 1.807) is 6.20 Å². The second kappa shape index (κ2) is 5.94. The largest absolute Gasteiger partial charge is 0.379 e. The molecule has 1 saturated carbocycles. The highest BCUT2D eigenvalue weighted by Gasteiger charge is 2.21. The van der Waals surface area contributed by atoms with Gasteiger partial charge in [-0.05, 0) is 43.9 Å². The molecule has 4 nitrogen and oxygen atoms in total. The van der Waals surface area contributed by atoms with Crippen molar-refractivity contribution in [3.63, 3.8) is 0 Å². The van der Waals surface area contributed by atoms with Crippen LogP contribution in [0.3, 0.4) is 0 Å². The van der Waals surface area contributed by atoms with Crippen molar-refractivity contribution in [2.75, 3.05) is 18.5 Å². The Balaban J connectivity index is 1.66. The molecular formula is C15H18ClN3O. The lowest BCUT2D eigenvalue weighted by atomic mass is 10.2. The maximum atomic E-state index is 5.99. The highest BCUT2D eigenvalue weighted by molar-refractivity contribution is 6.31. The monoisotopic (exact) mass is 291 g/mol. The highest BCUT2D eigenvalue weighted by Crippen LogP contribution is 2.29. The van der Waals surface area contributed by atoms with E-state index in [0.717, 1.165) is 29.1 Å². The first-order valence-corrected chi connectivity index (χ1v) is 7.35. The van der Waals surface area contributed by atoms with E-state index >= 15 is 0 Å². The van der Waals surface area contributed by atoms with Crippen molar-refractivity contribution < 1.29 is 4.74 Å². The fourth-order valence-electron chi connectivity index (χ4n) is 2.14. The third-order valence-electron chi connectivity index (χ3n) is 3.42. The van der Waals surface area contributed by atoms with Crippen LogP contribution in [0.5, 0.6) is 0 Å². The second-order valence-electron chi connectivity index (χ2n) is 5.45. The molecule has 0 spiro atoms. The molecule has 5 heteroatoms. The maximum absolute atomic E-state index is 5.99. The molecule has 0 bridgehead atoms. The van der Waals surface area contributed by atoms with Gasteiger partial charge in [0.25, 0.3) is 0 Å². The van der Waals surface area contributed by atoms with E-state index in [1.807, 2.05) is 18.2 Å². The molecule has 106 valence electrons. The number of hydrogen-bond acceptors (Lipinski definition) is 4. The van der Waals surface area contributed by atoms with E-state index < -0.39 is 0 Å². The molecule has 1 aromatic heterocycles. The van der Waals surface area contributed by atoms with Crippen LogP contribution in [0.15, 0.2) is 24.4 Å². The van der Waals surface area contributed by atoms with Gasteiger partial charge in [0.2, 0.25) is 0 Å². The number of benzene rings is 1. The van der Waals surface area contributed by atoms with E-state index in [4.69, 9.17) is 16.3 Å². The number of rotatable bonds is 6. The number of halogens is 1. The zero-order valence-electron chi connectivity index (χ0n) is 11.5. The molecule has 20 heavy (non-hydrogen) atoms. The number of hydrogen-bond donors (Lipinski definition) is 1. The summed E-state index contributed by atoms with van der Waals surface area (Å²) in [6, 6.07) is 5.92. The van der Waals surface area contributed by atoms with Crippen LogP contribution >= 0.6 is 11.6 Å². The van der Waals surface area contributed by atoms with Crippen molar-refractivity contribution >= 4 is 28.2 Å². The van der Waals surface area contributed by atoms with Crippen LogP contribution in [0.2, 0.25) is 5.02 Å². The Kier molecular flexibility index (Phi) is 4.03. The first-order chi connectivity index (χ1) is 9.72. The minimum atomic E-state index is 0.198. The molecule has 1 unspecified atom stereocenters.